The molecule has 1 aromatic heterocycles. The molecule has 7 nitrogen and oxygen atoms in total. The van der Waals surface area contributed by atoms with Crippen LogP contribution in [0.25, 0.3) is 22.2 Å². The number of rotatable bonds is 5. The van der Waals surface area contributed by atoms with Crippen LogP contribution in [0.1, 0.15) is 23.9 Å². The normalized spacial score (nSPS) is 18.2. The van der Waals surface area contributed by atoms with Crippen LogP contribution >= 0.6 is 0 Å². The van der Waals surface area contributed by atoms with E-state index in [4.69, 9.17) is 4.52 Å². The van der Waals surface area contributed by atoms with E-state index in [1.807, 2.05) is 18.2 Å². The Morgan fingerprint density at radius 3 is 2.58 bits per heavy atom. The Morgan fingerprint density at radius 1 is 0.935 bits per heavy atom. The van der Waals surface area contributed by atoms with Gasteiger partial charge in [-0.3, -0.25) is 10.1 Å². The van der Waals surface area contributed by atoms with Crippen molar-refractivity contribution in [3.63, 3.8) is 0 Å². The van der Waals surface area contributed by atoms with Crippen LogP contribution in [0.15, 0.2) is 71.3 Å². The molecular weight excluding hydrogens is 392 g/mol. The molecule has 0 radical (unpaired) electrons. The summed E-state index contributed by atoms with van der Waals surface area (Å²) in [5, 5.41) is 11.5. The van der Waals surface area contributed by atoms with E-state index in [9.17, 15) is 9.59 Å². The van der Waals surface area contributed by atoms with Crippen LogP contribution < -0.4 is 10.6 Å². The highest BCUT2D eigenvalue weighted by molar-refractivity contribution is 6.07. The van der Waals surface area contributed by atoms with Gasteiger partial charge in [-0.15, -0.1) is 0 Å². The van der Waals surface area contributed by atoms with E-state index in [0.29, 0.717) is 29.3 Å². The van der Waals surface area contributed by atoms with E-state index in [0.717, 1.165) is 6.42 Å². The quantitative estimate of drug-likeness (QED) is 0.487. The zero-order valence-electron chi connectivity index (χ0n) is 16.9. The first-order valence-electron chi connectivity index (χ1n) is 10.1. The van der Waals surface area contributed by atoms with Crippen LogP contribution in [-0.4, -0.2) is 22.1 Å². The highest BCUT2D eigenvalue weighted by Gasteiger charge is 2.43. The molecule has 154 valence electrons. The number of amides is 3. The molecule has 0 saturated carbocycles. The number of nitrogens with one attached hydrogen (secondary N) is 2. The Hall–Kier alpha value is -4.00. The molecule has 1 fully saturated rings. The van der Waals surface area contributed by atoms with E-state index >= 15 is 0 Å². The van der Waals surface area contributed by atoms with Crippen molar-refractivity contribution in [1.29, 1.82) is 0 Å². The second-order valence-corrected chi connectivity index (χ2v) is 7.81. The average molecular weight is 412 g/mol. The number of aryl methyl sites for hydroxylation is 2. The summed E-state index contributed by atoms with van der Waals surface area (Å²) >= 11 is 0. The number of carbonyl (C=O) groups is 2. The third-order valence-corrected chi connectivity index (χ3v) is 5.65. The largest absolute Gasteiger partial charge is 0.339 e. The standard InChI is InChI=1S/C24H20N4O3/c1-24(22(29)26-23(30)27-24)19-8-4-7-18(14-19)21-25-20(31-28-21)12-10-15-9-11-16-5-2-3-6-17(16)13-15/h2-9,11,13-14H,10,12H2,1H3,(H2,26,27,29,30). The molecule has 1 aliphatic heterocycles. The molecule has 2 heterocycles. The van der Waals surface area contributed by atoms with E-state index in [-0.39, 0.29) is 5.91 Å². The van der Waals surface area contributed by atoms with Crippen molar-refractivity contribution >= 4 is 22.7 Å². The Kier molecular flexibility index (Phi) is 4.51. The third-order valence-electron chi connectivity index (χ3n) is 5.65. The molecule has 5 rings (SSSR count). The maximum atomic E-state index is 12.2. The van der Waals surface area contributed by atoms with Crippen LogP contribution in [0.5, 0.6) is 0 Å². The van der Waals surface area contributed by atoms with Gasteiger partial charge in [-0.1, -0.05) is 65.8 Å². The van der Waals surface area contributed by atoms with Crippen molar-refractivity contribution in [2.45, 2.75) is 25.3 Å². The minimum absolute atomic E-state index is 0.390. The van der Waals surface area contributed by atoms with E-state index < -0.39 is 11.6 Å². The van der Waals surface area contributed by atoms with Crippen molar-refractivity contribution in [2.75, 3.05) is 0 Å². The van der Waals surface area contributed by atoms with Gasteiger partial charge >= 0.3 is 6.03 Å². The average Bonchev–Trinajstić information content (AvgIpc) is 3.36. The fourth-order valence-electron chi connectivity index (χ4n) is 3.83. The number of hydrogen-bond acceptors (Lipinski definition) is 5. The fraction of sp³-hybridized carbons (Fsp3) is 0.167. The minimum atomic E-state index is -1.13. The number of carbonyl (C=O) groups excluding carboxylic acids is 2. The zero-order chi connectivity index (χ0) is 21.4. The summed E-state index contributed by atoms with van der Waals surface area (Å²) in [5.74, 6) is 0.606. The summed E-state index contributed by atoms with van der Waals surface area (Å²) in [5.41, 5.74) is 1.44. The maximum absolute atomic E-state index is 12.2. The van der Waals surface area contributed by atoms with Gasteiger partial charge in [-0.05, 0) is 41.3 Å². The van der Waals surface area contributed by atoms with Crippen LogP contribution in [0.4, 0.5) is 4.79 Å². The molecule has 7 heteroatoms. The van der Waals surface area contributed by atoms with Crippen molar-refractivity contribution in [3.05, 3.63) is 83.7 Å². The summed E-state index contributed by atoms with van der Waals surface area (Å²) in [6.07, 6.45) is 1.41. The second-order valence-electron chi connectivity index (χ2n) is 7.81. The number of imide groups is 1. The topological polar surface area (TPSA) is 97.1 Å². The molecule has 3 amide bonds. The zero-order valence-corrected chi connectivity index (χ0v) is 16.9. The number of hydrogen-bond donors (Lipinski definition) is 2. The summed E-state index contributed by atoms with van der Waals surface area (Å²) in [4.78, 5) is 28.3. The minimum Gasteiger partial charge on any atom is -0.339 e. The Morgan fingerprint density at radius 2 is 1.77 bits per heavy atom. The predicted octanol–water partition coefficient (Wildman–Crippen LogP) is 3.73. The number of aromatic nitrogens is 2. The lowest BCUT2D eigenvalue weighted by Crippen LogP contribution is -2.40. The van der Waals surface area contributed by atoms with Crippen LogP contribution in [0.3, 0.4) is 0 Å². The predicted molar refractivity (Wildman–Crippen MR) is 115 cm³/mol. The molecule has 31 heavy (non-hydrogen) atoms. The van der Waals surface area contributed by atoms with Crippen molar-refractivity contribution in [1.82, 2.24) is 20.8 Å². The van der Waals surface area contributed by atoms with Gasteiger partial charge in [-0.25, -0.2) is 4.79 Å². The number of fused-ring (bicyclic) bond motifs is 1. The van der Waals surface area contributed by atoms with Crippen molar-refractivity contribution < 1.29 is 14.1 Å². The molecule has 0 spiro atoms. The number of urea groups is 1. The van der Waals surface area contributed by atoms with E-state index in [1.54, 1.807) is 25.1 Å². The Balaban J connectivity index is 1.33. The fourth-order valence-corrected chi connectivity index (χ4v) is 3.83. The van der Waals surface area contributed by atoms with Crippen molar-refractivity contribution in [3.8, 4) is 11.4 Å². The monoisotopic (exact) mass is 412 g/mol. The molecule has 4 aromatic rings. The lowest BCUT2D eigenvalue weighted by molar-refractivity contribution is -0.123. The molecule has 1 saturated heterocycles. The number of nitrogens with zero attached hydrogens (tertiary/aromatic N) is 2. The lowest BCUT2D eigenvalue weighted by atomic mass is 9.91. The van der Waals surface area contributed by atoms with Gasteiger partial charge < -0.3 is 9.84 Å². The van der Waals surface area contributed by atoms with Gasteiger partial charge in [0.25, 0.3) is 5.91 Å². The summed E-state index contributed by atoms with van der Waals surface area (Å²) in [6.45, 7) is 1.66. The molecule has 1 atom stereocenters. The van der Waals surface area contributed by atoms with Crippen LogP contribution in [0, 0.1) is 0 Å². The first-order valence-corrected chi connectivity index (χ1v) is 10.1. The molecule has 0 aliphatic carbocycles. The molecule has 2 N–H and O–H groups in total. The second kappa shape index (κ2) is 7.36. The highest BCUT2D eigenvalue weighted by Crippen LogP contribution is 2.28. The van der Waals surface area contributed by atoms with Gasteiger partial charge in [0.15, 0.2) is 0 Å². The smallest absolute Gasteiger partial charge is 0.322 e. The van der Waals surface area contributed by atoms with Gasteiger partial charge in [0.05, 0.1) is 0 Å². The van der Waals surface area contributed by atoms with Gasteiger partial charge in [0.1, 0.15) is 5.54 Å². The van der Waals surface area contributed by atoms with E-state index in [1.165, 1.54) is 16.3 Å². The van der Waals surface area contributed by atoms with Gasteiger partial charge in [0, 0.05) is 12.0 Å². The van der Waals surface area contributed by atoms with E-state index in [2.05, 4.69) is 51.1 Å². The Labute approximate surface area is 178 Å². The molecule has 3 aromatic carbocycles. The summed E-state index contributed by atoms with van der Waals surface area (Å²) in [7, 11) is 0. The number of benzene rings is 3. The molecule has 1 aliphatic rings. The van der Waals surface area contributed by atoms with Gasteiger partial charge in [0.2, 0.25) is 11.7 Å². The molecular formula is C24H20N4O3. The van der Waals surface area contributed by atoms with Crippen molar-refractivity contribution in [2.24, 2.45) is 0 Å². The highest BCUT2D eigenvalue weighted by atomic mass is 16.5. The lowest BCUT2D eigenvalue weighted by Gasteiger charge is -2.21. The third kappa shape index (κ3) is 3.54. The SMILES string of the molecule is CC1(c2cccc(-c3noc(CCc4ccc5ccccc5c4)n3)c2)NC(=O)NC1=O. The summed E-state index contributed by atoms with van der Waals surface area (Å²) < 4.78 is 5.45. The van der Waals surface area contributed by atoms with Crippen LogP contribution in [0.2, 0.25) is 0 Å². The van der Waals surface area contributed by atoms with Crippen LogP contribution in [-0.2, 0) is 23.2 Å². The van der Waals surface area contributed by atoms with Gasteiger partial charge in [-0.2, -0.15) is 4.98 Å². The maximum Gasteiger partial charge on any atom is 0.322 e. The summed E-state index contributed by atoms with van der Waals surface area (Å²) in [6, 6.07) is 21.4. The first kappa shape index (κ1) is 19.0. The molecule has 0 bridgehead atoms. The molecule has 1 unspecified atom stereocenters. The Bertz CT molecular complexity index is 1310. The first-order chi connectivity index (χ1) is 15.0.